The van der Waals surface area contributed by atoms with Gasteiger partial charge in [-0.25, -0.2) is 0 Å². The fraction of sp³-hybridized carbons (Fsp3) is 0.231. The third kappa shape index (κ3) is 3.28. The molecule has 0 bridgehead atoms. The number of ketones is 1. The molecule has 0 spiro atoms. The van der Waals surface area contributed by atoms with E-state index in [4.69, 9.17) is 0 Å². The molecule has 1 atom stereocenters. The number of rotatable bonds is 4. The maximum atomic E-state index is 13.1. The molecule has 0 unspecified atom stereocenters. The Morgan fingerprint density at radius 2 is 1.88 bits per heavy atom. The molecule has 0 saturated heterocycles. The van der Waals surface area contributed by atoms with Crippen molar-refractivity contribution in [2.24, 2.45) is 0 Å². The zero-order chi connectivity index (χ0) is 22.2. The average Bonchev–Trinajstić information content (AvgIpc) is 2.96. The summed E-state index contributed by atoms with van der Waals surface area (Å²) < 4.78 is 4.24. The van der Waals surface area contributed by atoms with Crippen LogP contribution in [0.2, 0.25) is 0 Å². The summed E-state index contributed by atoms with van der Waals surface area (Å²) in [5.74, 6) is -0.0862. The summed E-state index contributed by atoms with van der Waals surface area (Å²) in [5.41, 5.74) is 4.45. The van der Waals surface area contributed by atoms with E-state index in [1.807, 2.05) is 48.5 Å². The van der Waals surface area contributed by atoms with E-state index in [2.05, 4.69) is 10.1 Å². The van der Waals surface area contributed by atoms with Gasteiger partial charge in [-0.15, -0.1) is 0 Å². The minimum Gasteiger partial charge on any atom is -0.585 e. The molecule has 0 aromatic heterocycles. The molecule has 0 fully saturated rings. The lowest BCUT2D eigenvalue weighted by Crippen LogP contribution is -2.29. The van der Waals surface area contributed by atoms with Crippen LogP contribution in [0.5, 0.6) is 11.5 Å². The number of fused-ring (bicyclic) bond motifs is 3. The van der Waals surface area contributed by atoms with Crippen molar-refractivity contribution in [3.8, 4) is 11.5 Å². The van der Waals surface area contributed by atoms with Crippen LogP contribution in [0.25, 0.3) is 0 Å². The second kappa shape index (κ2) is 8.04. The Bertz CT molecular complexity index is 1210. The molecule has 6 heteroatoms. The lowest BCUT2D eigenvalue weighted by atomic mass is 9.85. The van der Waals surface area contributed by atoms with Gasteiger partial charge in [0.2, 0.25) is 0 Å². The van der Waals surface area contributed by atoms with Gasteiger partial charge in [0.15, 0.2) is 7.11 Å². The Morgan fingerprint density at radius 3 is 2.66 bits per heavy atom. The molecule has 3 N–H and O–H groups in total. The van der Waals surface area contributed by atoms with E-state index in [1.165, 1.54) is 0 Å². The molecule has 1 amide bonds. The van der Waals surface area contributed by atoms with Crippen LogP contribution in [0.15, 0.2) is 60.7 Å². The lowest BCUT2D eigenvalue weighted by Gasteiger charge is -2.22. The van der Waals surface area contributed by atoms with Crippen molar-refractivity contribution in [1.29, 1.82) is 0 Å². The van der Waals surface area contributed by atoms with E-state index < -0.39 is 11.7 Å². The fourth-order valence-electron chi connectivity index (χ4n) is 4.76. The molecule has 0 saturated carbocycles. The number of carbonyl (C=O) groups is 2. The zero-order valence-electron chi connectivity index (χ0n) is 17.8. The molecular formula is C26H25N2O4+. The molecule has 3 aromatic rings. The van der Waals surface area contributed by atoms with Crippen molar-refractivity contribution in [1.82, 2.24) is 0 Å². The monoisotopic (exact) mass is 429 g/mol. The van der Waals surface area contributed by atoms with E-state index in [0.29, 0.717) is 30.0 Å². The molecule has 0 radical (unpaired) electrons. The first kappa shape index (κ1) is 20.1. The van der Waals surface area contributed by atoms with Gasteiger partial charge in [-0.2, -0.15) is 0 Å². The SMILES string of the molecule is C[OH+]c1ccc(O)c([C@H]2CCCNc3c2ccc2c3C(=O)C(=O)N2Cc2ccccc2)c1. The quantitative estimate of drug-likeness (QED) is 0.367. The zero-order valence-corrected chi connectivity index (χ0v) is 17.8. The van der Waals surface area contributed by atoms with Gasteiger partial charge in [-0.05, 0) is 36.1 Å². The standard InChI is InChI=1S/C26H24N2O4/c1-32-17-9-12-22(29)20(14-17)18-8-5-13-27-24-19(18)10-11-21-23(24)25(30)26(31)28(21)15-16-6-3-2-4-7-16/h2-4,6-7,9-12,14,18,27,29H,5,8,13,15H2,1H3/p+1/t18-/m0/s1. The number of nitrogens with zero attached hydrogens (tertiary/aromatic N) is 1. The number of nitrogens with one attached hydrogen (secondary N) is 1. The van der Waals surface area contributed by atoms with Crippen molar-refractivity contribution in [3.05, 3.63) is 82.9 Å². The lowest BCUT2D eigenvalue weighted by molar-refractivity contribution is -0.114. The number of phenolic OH excluding ortho intramolecular Hbond substituents is 1. The number of ether oxygens (including phenoxy) is 1. The molecule has 32 heavy (non-hydrogen) atoms. The number of aliphatic hydroxyl groups is 1. The minimum atomic E-state index is -0.505. The van der Waals surface area contributed by atoms with Crippen LogP contribution >= 0.6 is 0 Å². The molecule has 2 aliphatic heterocycles. The van der Waals surface area contributed by atoms with Gasteiger partial charge in [-0.3, -0.25) is 9.59 Å². The first-order valence-corrected chi connectivity index (χ1v) is 10.8. The first-order valence-electron chi connectivity index (χ1n) is 10.8. The minimum absolute atomic E-state index is 0.0990. The second-order valence-electron chi connectivity index (χ2n) is 8.22. The van der Waals surface area contributed by atoms with E-state index >= 15 is 0 Å². The summed E-state index contributed by atoms with van der Waals surface area (Å²) in [6.45, 7) is 1.04. The number of phenols is 1. The molecule has 3 aromatic carbocycles. The number of hydrogen-bond acceptors (Lipinski definition) is 4. The molecule has 162 valence electrons. The number of hydrogen-bond donors (Lipinski definition) is 2. The number of carbonyl (C=O) groups excluding carboxylic acids is 2. The Hall–Kier alpha value is -3.80. The Balaban J connectivity index is 1.61. The number of amides is 1. The third-order valence-corrected chi connectivity index (χ3v) is 6.35. The summed E-state index contributed by atoms with van der Waals surface area (Å²) in [6.07, 6.45) is 1.69. The highest BCUT2D eigenvalue weighted by Gasteiger charge is 2.40. The highest BCUT2D eigenvalue weighted by molar-refractivity contribution is 6.53. The van der Waals surface area contributed by atoms with Crippen LogP contribution in [-0.4, -0.2) is 35.2 Å². The van der Waals surface area contributed by atoms with Gasteiger partial charge in [0.25, 0.3) is 17.4 Å². The molecular weight excluding hydrogens is 404 g/mol. The summed E-state index contributed by atoms with van der Waals surface area (Å²) >= 11 is 0. The van der Waals surface area contributed by atoms with Gasteiger partial charge in [0.1, 0.15) is 5.75 Å². The third-order valence-electron chi connectivity index (χ3n) is 6.35. The highest BCUT2D eigenvalue weighted by Crippen LogP contribution is 2.46. The average molecular weight is 429 g/mol. The van der Waals surface area contributed by atoms with Crippen LogP contribution in [0.4, 0.5) is 11.4 Å². The Morgan fingerprint density at radius 1 is 1.06 bits per heavy atom. The van der Waals surface area contributed by atoms with E-state index in [1.54, 1.807) is 24.1 Å². The highest BCUT2D eigenvalue weighted by atomic mass is 16.5. The fourth-order valence-corrected chi connectivity index (χ4v) is 4.76. The van der Waals surface area contributed by atoms with Gasteiger partial charge in [0, 0.05) is 30.2 Å². The van der Waals surface area contributed by atoms with Crippen molar-refractivity contribution in [3.63, 3.8) is 0 Å². The second-order valence-corrected chi connectivity index (χ2v) is 8.22. The van der Waals surface area contributed by atoms with E-state index in [9.17, 15) is 14.7 Å². The van der Waals surface area contributed by atoms with Gasteiger partial charge < -0.3 is 20.1 Å². The first-order chi connectivity index (χ1) is 15.6. The summed E-state index contributed by atoms with van der Waals surface area (Å²) in [7, 11) is 1.72. The summed E-state index contributed by atoms with van der Waals surface area (Å²) in [6, 6.07) is 18.9. The number of benzene rings is 3. The topological polar surface area (TPSA) is 82.4 Å². The smallest absolute Gasteiger partial charge is 0.299 e. The van der Waals surface area contributed by atoms with Crippen LogP contribution in [-0.2, 0) is 11.3 Å². The summed E-state index contributed by atoms with van der Waals surface area (Å²) in [5, 5.41) is 14.0. The van der Waals surface area contributed by atoms with E-state index in [-0.39, 0.29) is 11.7 Å². The van der Waals surface area contributed by atoms with Crippen molar-refractivity contribution in [2.75, 3.05) is 23.9 Å². The number of Topliss-reactive ketones (excluding diaryl/α,β-unsaturated/α-hetero) is 1. The van der Waals surface area contributed by atoms with Crippen LogP contribution < -0.4 is 10.2 Å². The predicted octanol–water partition coefficient (Wildman–Crippen LogP) is 4.33. The van der Waals surface area contributed by atoms with Crippen molar-refractivity contribution in [2.45, 2.75) is 25.3 Å². The molecule has 5 rings (SSSR count). The van der Waals surface area contributed by atoms with Gasteiger partial charge >= 0.3 is 0 Å². The van der Waals surface area contributed by atoms with Gasteiger partial charge in [-0.1, -0.05) is 36.4 Å². The molecule has 2 aliphatic rings. The maximum Gasteiger partial charge on any atom is 0.299 e. The normalized spacial score (nSPS) is 17.4. The largest absolute Gasteiger partial charge is 0.585 e. The molecule has 2 heterocycles. The molecule has 0 aliphatic carbocycles. The molecule has 6 nitrogen and oxygen atoms in total. The predicted molar refractivity (Wildman–Crippen MR) is 124 cm³/mol. The van der Waals surface area contributed by atoms with Gasteiger partial charge in [0.05, 0.1) is 23.5 Å². The van der Waals surface area contributed by atoms with Crippen molar-refractivity contribution < 1.29 is 19.4 Å². The van der Waals surface area contributed by atoms with E-state index in [0.717, 1.165) is 35.3 Å². The maximum absolute atomic E-state index is 13.1. The number of aromatic hydroxyl groups is 2. The Labute approximate surface area is 186 Å². The summed E-state index contributed by atoms with van der Waals surface area (Å²) in [4.78, 5) is 27.6. The van der Waals surface area contributed by atoms with Crippen molar-refractivity contribution >= 4 is 23.1 Å². The van der Waals surface area contributed by atoms with Crippen LogP contribution in [0.1, 0.15) is 45.8 Å². The number of anilines is 2. The van der Waals surface area contributed by atoms with Crippen LogP contribution in [0, 0.1) is 0 Å². The Kier molecular flexibility index (Phi) is 5.05. The van der Waals surface area contributed by atoms with Crippen LogP contribution in [0.3, 0.4) is 0 Å².